The fourth-order valence-electron chi connectivity index (χ4n) is 1.80. The molecule has 0 radical (unpaired) electrons. The van der Waals surface area contributed by atoms with Crippen molar-refractivity contribution in [2.24, 2.45) is 0 Å². The molecule has 0 aromatic heterocycles. The van der Waals surface area contributed by atoms with Crippen molar-refractivity contribution in [3.05, 3.63) is 0 Å². The molecule has 1 aliphatic rings. The van der Waals surface area contributed by atoms with E-state index in [1.165, 1.54) is 0 Å². The molecule has 0 aliphatic carbocycles. The average molecular weight is 245 g/mol. The van der Waals surface area contributed by atoms with Gasteiger partial charge in [-0.2, -0.15) is 9.57 Å². The lowest BCUT2D eigenvalue weighted by Crippen LogP contribution is -2.49. The Hall–Kier alpha value is -0.640. The fraction of sp³-hybridized carbons (Fsp3) is 0.900. The number of piperazine rings is 1. The Balaban J connectivity index is 2.32. The van der Waals surface area contributed by atoms with Gasteiger partial charge in [-0.15, -0.1) is 0 Å². The maximum absolute atomic E-state index is 11.6. The number of nitrogens with zero attached hydrogens (tertiary/aromatic N) is 3. The zero-order valence-corrected chi connectivity index (χ0v) is 10.5. The standard InChI is InChI=1S/C10H19N3O2S/c1-2-16(14,15)13-9-7-12(8-10-13)6-4-3-5-11/h2-4,6-10H2,1H3. The van der Waals surface area contributed by atoms with Gasteiger partial charge in [-0.1, -0.05) is 0 Å². The van der Waals surface area contributed by atoms with Crippen molar-refractivity contribution in [2.45, 2.75) is 19.8 Å². The van der Waals surface area contributed by atoms with Crippen LogP contribution >= 0.6 is 0 Å². The summed E-state index contributed by atoms with van der Waals surface area (Å²) in [6.45, 7) is 5.31. The van der Waals surface area contributed by atoms with Crippen LogP contribution in [-0.2, 0) is 10.0 Å². The molecule has 1 heterocycles. The van der Waals surface area contributed by atoms with Gasteiger partial charge in [-0.3, -0.25) is 0 Å². The normalized spacial score (nSPS) is 19.5. The third kappa shape index (κ3) is 3.74. The summed E-state index contributed by atoms with van der Waals surface area (Å²) >= 11 is 0. The number of sulfonamides is 1. The first-order valence-electron chi connectivity index (χ1n) is 5.67. The van der Waals surface area contributed by atoms with Gasteiger partial charge in [-0.25, -0.2) is 8.42 Å². The molecule has 0 spiro atoms. The summed E-state index contributed by atoms with van der Waals surface area (Å²) in [5.41, 5.74) is 0. The van der Waals surface area contributed by atoms with Crippen molar-refractivity contribution < 1.29 is 8.42 Å². The molecule has 5 nitrogen and oxygen atoms in total. The van der Waals surface area contributed by atoms with Gasteiger partial charge in [0.05, 0.1) is 11.8 Å². The van der Waals surface area contributed by atoms with Crippen molar-refractivity contribution in [3.63, 3.8) is 0 Å². The van der Waals surface area contributed by atoms with E-state index in [0.717, 1.165) is 26.1 Å². The zero-order chi connectivity index (χ0) is 12.0. The highest BCUT2D eigenvalue weighted by molar-refractivity contribution is 7.89. The van der Waals surface area contributed by atoms with Crippen LogP contribution in [0.25, 0.3) is 0 Å². The maximum Gasteiger partial charge on any atom is 0.213 e. The maximum atomic E-state index is 11.6. The van der Waals surface area contributed by atoms with Crippen molar-refractivity contribution in [3.8, 4) is 6.07 Å². The molecule has 0 aromatic rings. The van der Waals surface area contributed by atoms with E-state index < -0.39 is 10.0 Å². The molecule has 0 unspecified atom stereocenters. The first-order valence-corrected chi connectivity index (χ1v) is 7.28. The van der Waals surface area contributed by atoms with Crippen molar-refractivity contribution >= 4 is 10.0 Å². The van der Waals surface area contributed by atoms with E-state index in [2.05, 4.69) is 11.0 Å². The topological polar surface area (TPSA) is 64.4 Å². The summed E-state index contributed by atoms with van der Waals surface area (Å²) in [7, 11) is -3.02. The van der Waals surface area contributed by atoms with Crippen molar-refractivity contribution in [1.29, 1.82) is 5.26 Å². The number of hydrogen-bond donors (Lipinski definition) is 0. The molecule has 1 fully saturated rings. The van der Waals surface area contributed by atoms with Gasteiger partial charge in [0.15, 0.2) is 0 Å². The van der Waals surface area contributed by atoms with E-state index in [9.17, 15) is 8.42 Å². The van der Waals surface area contributed by atoms with Crippen LogP contribution in [0.4, 0.5) is 0 Å². The number of unbranched alkanes of at least 4 members (excludes halogenated alkanes) is 1. The van der Waals surface area contributed by atoms with Gasteiger partial charge >= 0.3 is 0 Å². The molecular formula is C10H19N3O2S. The molecule has 0 N–H and O–H groups in total. The molecule has 0 amide bonds. The predicted octanol–water partition coefficient (Wildman–Crippen LogP) is 0.257. The van der Waals surface area contributed by atoms with Crippen molar-refractivity contribution in [1.82, 2.24) is 9.21 Å². The van der Waals surface area contributed by atoms with E-state index in [-0.39, 0.29) is 5.75 Å². The van der Waals surface area contributed by atoms with Crippen molar-refractivity contribution in [2.75, 3.05) is 38.5 Å². The third-order valence-electron chi connectivity index (χ3n) is 2.85. The quantitative estimate of drug-likeness (QED) is 0.652. The van der Waals surface area contributed by atoms with E-state index in [1.54, 1.807) is 11.2 Å². The number of rotatable bonds is 5. The summed E-state index contributed by atoms with van der Waals surface area (Å²) in [6, 6.07) is 2.12. The molecule has 0 atom stereocenters. The second-order valence-corrected chi connectivity index (χ2v) is 6.16. The molecule has 0 bridgehead atoms. The number of hydrogen-bond acceptors (Lipinski definition) is 4. The fourth-order valence-corrected chi connectivity index (χ4v) is 2.88. The lowest BCUT2D eigenvalue weighted by Gasteiger charge is -2.33. The Morgan fingerprint density at radius 3 is 2.38 bits per heavy atom. The van der Waals surface area contributed by atoms with Crippen LogP contribution in [0.15, 0.2) is 0 Å². The Bertz CT molecular complexity index is 340. The Kier molecular flexibility index (Phi) is 5.19. The minimum atomic E-state index is -3.02. The van der Waals surface area contributed by atoms with Crippen LogP contribution in [0, 0.1) is 11.3 Å². The molecule has 0 saturated carbocycles. The average Bonchev–Trinajstić information content (AvgIpc) is 2.30. The van der Waals surface area contributed by atoms with Crippen LogP contribution in [0.3, 0.4) is 0 Å². The predicted molar refractivity (Wildman–Crippen MR) is 62.3 cm³/mol. The molecule has 1 rings (SSSR count). The first-order chi connectivity index (χ1) is 7.60. The minimum Gasteiger partial charge on any atom is -0.301 e. The Morgan fingerprint density at radius 1 is 1.25 bits per heavy atom. The summed E-state index contributed by atoms with van der Waals surface area (Å²) in [4.78, 5) is 2.22. The highest BCUT2D eigenvalue weighted by atomic mass is 32.2. The van der Waals surface area contributed by atoms with Gasteiger partial charge in [0.1, 0.15) is 0 Å². The lowest BCUT2D eigenvalue weighted by molar-refractivity contribution is 0.187. The van der Waals surface area contributed by atoms with Gasteiger partial charge in [0.25, 0.3) is 0 Å². The summed E-state index contributed by atoms with van der Waals surface area (Å²) in [5.74, 6) is 0.182. The third-order valence-corrected chi connectivity index (χ3v) is 4.73. The van der Waals surface area contributed by atoms with Crippen LogP contribution in [0.2, 0.25) is 0 Å². The highest BCUT2D eigenvalue weighted by Gasteiger charge is 2.24. The van der Waals surface area contributed by atoms with Crippen LogP contribution < -0.4 is 0 Å². The lowest BCUT2D eigenvalue weighted by atomic mass is 10.3. The smallest absolute Gasteiger partial charge is 0.213 e. The SMILES string of the molecule is CCS(=O)(=O)N1CCN(CCCC#N)CC1. The largest absolute Gasteiger partial charge is 0.301 e. The Labute approximate surface area is 97.7 Å². The summed E-state index contributed by atoms with van der Waals surface area (Å²) in [5, 5.41) is 8.42. The van der Waals surface area contributed by atoms with Crippen LogP contribution in [-0.4, -0.2) is 56.1 Å². The molecule has 6 heteroatoms. The van der Waals surface area contributed by atoms with Gasteiger partial charge in [-0.05, 0) is 19.9 Å². The zero-order valence-electron chi connectivity index (χ0n) is 9.72. The van der Waals surface area contributed by atoms with E-state index in [4.69, 9.17) is 5.26 Å². The van der Waals surface area contributed by atoms with Gasteiger partial charge in [0.2, 0.25) is 10.0 Å². The minimum absolute atomic E-state index is 0.182. The van der Waals surface area contributed by atoms with Gasteiger partial charge < -0.3 is 4.90 Å². The van der Waals surface area contributed by atoms with E-state index in [1.807, 2.05) is 0 Å². The first kappa shape index (κ1) is 13.4. The molecule has 1 aliphatic heterocycles. The second-order valence-electron chi connectivity index (χ2n) is 3.90. The van der Waals surface area contributed by atoms with E-state index in [0.29, 0.717) is 19.5 Å². The molecule has 16 heavy (non-hydrogen) atoms. The van der Waals surface area contributed by atoms with Crippen LogP contribution in [0.1, 0.15) is 19.8 Å². The molecule has 1 saturated heterocycles. The Morgan fingerprint density at radius 2 is 1.88 bits per heavy atom. The second kappa shape index (κ2) is 6.18. The highest BCUT2D eigenvalue weighted by Crippen LogP contribution is 2.08. The monoisotopic (exact) mass is 245 g/mol. The molecular weight excluding hydrogens is 226 g/mol. The number of nitriles is 1. The van der Waals surface area contributed by atoms with E-state index >= 15 is 0 Å². The molecule has 92 valence electrons. The molecule has 0 aromatic carbocycles. The van der Waals surface area contributed by atoms with Crippen LogP contribution in [0.5, 0.6) is 0 Å². The summed E-state index contributed by atoms with van der Waals surface area (Å²) < 4.78 is 24.7. The summed E-state index contributed by atoms with van der Waals surface area (Å²) in [6.07, 6.45) is 1.45. The van der Waals surface area contributed by atoms with Gasteiger partial charge in [0, 0.05) is 32.6 Å².